The molecule has 172 valence electrons. The molecule has 0 fully saturated rings. The third kappa shape index (κ3) is 4.61. The summed E-state index contributed by atoms with van der Waals surface area (Å²) in [6.45, 7) is 10.3. The Balaban J connectivity index is 1.54. The van der Waals surface area contributed by atoms with Crippen LogP contribution in [-0.4, -0.2) is 0 Å². The molecule has 0 bridgehead atoms. The van der Waals surface area contributed by atoms with Gasteiger partial charge in [0.2, 0.25) is 0 Å². The molecule has 0 spiro atoms. The van der Waals surface area contributed by atoms with Crippen molar-refractivity contribution in [3.05, 3.63) is 132 Å². The highest BCUT2D eigenvalue weighted by molar-refractivity contribution is 14.1. The third-order valence-corrected chi connectivity index (χ3v) is 7.69. The number of hydrogen-bond donors (Lipinski definition) is 0. The Morgan fingerprint density at radius 2 is 1.71 bits per heavy atom. The van der Waals surface area contributed by atoms with E-state index in [0.29, 0.717) is 5.56 Å². The van der Waals surface area contributed by atoms with E-state index in [0.717, 1.165) is 15.6 Å². The molecular formula is C32H30FI. The number of benzene rings is 3. The second-order valence-electron chi connectivity index (χ2n) is 9.12. The number of rotatable bonds is 7. The quantitative estimate of drug-likeness (QED) is 0.153. The average molecular weight is 560 g/mol. The number of fused-ring (bicyclic) bond motifs is 3. The first-order valence-electron chi connectivity index (χ1n) is 11.7. The fourth-order valence-electron chi connectivity index (χ4n) is 4.90. The molecule has 0 unspecified atom stereocenters. The summed E-state index contributed by atoms with van der Waals surface area (Å²) >= 11 is 2.33. The van der Waals surface area contributed by atoms with Gasteiger partial charge in [0.05, 0.1) is 0 Å². The van der Waals surface area contributed by atoms with Crippen LogP contribution in [0.15, 0.2) is 104 Å². The molecule has 0 N–H and O–H groups in total. The number of halogens is 2. The smallest absolute Gasteiger partial charge is 0.143 e. The summed E-state index contributed by atoms with van der Waals surface area (Å²) in [5, 5.41) is 0. The molecule has 0 saturated carbocycles. The van der Waals surface area contributed by atoms with Crippen LogP contribution in [0.2, 0.25) is 0 Å². The second-order valence-corrected chi connectivity index (χ2v) is 10.3. The fourth-order valence-corrected chi connectivity index (χ4v) is 5.47. The van der Waals surface area contributed by atoms with Crippen molar-refractivity contribution in [2.24, 2.45) is 0 Å². The fraction of sp³-hybridized carbons (Fsp3) is 0.188. The highest BCUT2D eigenvalue weighted by atomic mass is 127. The van der Waals surface area contributed by atoms with Crippen molar-refractivity contribution in [1.29, 1.82) is 0 Å². The van der Waals surface area contributed by atoms with E-state index in [1.807, 2.05) is 24.3 Å². The van der Waals surface area contributed by atoms with E-state index in [9.17, 15) is 4.39 Å². The SMILES string of the molecule is C=C[C@@H](F)c1ccc(/C(I)=C/C=C\C/C(=C/C)c2cccc3c2C(C)(C)c2ccccc2-3)cc1. The molecule has 0 amide bonds. The Morgan fingerprint density at radius 1 is 1.00 bits per heavy atom. The van der Waals surface area contributed by atoms with E-state index in [4.69, 9.17) is 0 Å². The van der Waals surface area contributed by atoms with Crippen molar-refractivity contribution >= 4 is 31.7 Å². The van der Waals surface area contributed by atoms with Gasteiger partial charge in [-0.05, 0) is 86.5 Å². The minimum Gasteiger partial charge on any atom is -0.238 e. The van der Waals surface area contributed by atoms with Crippen molar-refractivity contribution in [1.82, 2.24) is 0 Å². The Kier molecular flexibility index (Phi) is 7.37. The first-order valence-corrected chi connectivity index (χ1v) is 12.7. The monoisotopic (exact) mass is 560 g/mol. The first kappa shape index (κ1) is 24.4. The molecule has 1 aliphatic rings. The molecule has 0 radical (unpaired) electrons. The molecule has 3 aromatic carbocycles. The van der Waals surface area contributed by atoms with Gasteiger partial charge < -0.3 is 0 Å². The second kappa shape index (κ2) is 10.3. The van der Waals surface area contributed by atoms with Gasteiger partial charge in [-0.15, -0.1) is 0 Å². The van der Waals surface area contributed by atoms with Crippen LogP contribution in [0, 0.1) is 0 Å². The lowest BCUT2D eigenvalue weighted by molar-refractivity contribution is 0.415. The summed E-state index contributed by atoms with van der Waals surface area (Å²) < 4.78 is 14.9. The zero-order valence-electron chi connectivity index (χ0n) is 20.0. The van der Waals surface area contributed by atoms with Crippen molar-refractivity contribution < 1.29 is 4.39 Å². The maximum atomic E-state index is 13.8. The standard InChI is InChI=1S/C32H30FI/c1-5-22(12-7-10-17-30(34)24-20-18-23(19-21-24)29(33)6-2)25-14-11-15-27-26-13-8-9-16-28(26)32(3,4)31(25)27/h5-11,13-21,29H,2,12H2,1,3-4H3/b10-7-,22-5-,30-17-/t29-/m1/s1. The van der Waals surface area contributed by atoms with Gasteiger partial charge in [0.25, 0.3) is 0 Å². The molecule has 1 atom stereocenters. The van der Waals surface area contributed by atoms with Crippen LogP contribution in [0.3, 0.4) is 0 Å². The van der Waals surface area contributed by atoms with Crippen molar-refractivity contribution in [2.75, 3.05) is 0 Å². The summed E-state index contributed by atoms with van der Waals surface area (Å²) in [7, 11) is 0. The van der Waals surface area contributed by atoms with E-state index >= 15 is 0 Å². The molecular weight excluding hydrogens is 530 g/mol. The van der Waals surface area contributed by atoms with E-state index in [2.05, 4.69) is 117 Å². The topological polar surface area (TPSA) is 0 Å². The minimum atomic E-state index is -1.12. The Bertz CT molecular complexity index is 1290. The van der Waals surface area contributed by atoms with Gasteiger partial charge in [-0.1, -0.05) is 111 Å². The van der Waals surface area contributed by atoms with Gasteiger partial charge in [0.1, 0.15) is 6.17 Å². The molecule has 2 heteroatoms. The summed E-state index contributed by atoms with van der Waals surface area (Å²) in [5.41, 5.74) is 9.90. The van der Waals surface area contributed by atoms with Crippen LogP contribution < -0.4 is 0 Å². The number of allylic oxidation sites excluding steroid dienone is 6. The van der Waals surface area contributed by atoms with Crippen LogP contribution in [0.1, 0.15) is 61.2 Å². The highest BCUT2D eigenvalue weighted by Gasteiger charge is 2.37. The van der Waals surface area contributed by atoms with E-state index in [1.165, 1.54) is 39.5 Å². The zero-order valence-corrected chi connectivity index (χ0v) is 22.1. The van der Waals surface area contributed by atoms with E-state index < -0.39 is 6.17 Å². The molecule has 0 heterocycles. The number of hydrogen-bond acceptors (Lipinski definition) is 0. The average Bonchev–Trinajstić information content (AvgIpc) is 3.11. The third-order valence-electron chi connectivity index (χ3n) is 6.70. The van der Waals surface area contributed by atoms with Gasteiger partial charge in [-0.3, -0.25) is 0 Å². The molecule has 4 rings (SSSR count). The van der Waals surface area contributed by atoms with E-state index in [-0.39, 0.29) is 5.41 Å². The van der Waals surface area contributed by atoms with E-state index in [1.54, 1.807) is 0 Å². The van der Waals surface area contributed by atoms with Crippen LogP contribution in [0.25, 0.3) is 20.3 Å². The lowest BCUT2D eigenvalue weighted by Gasteiger charge is -2.25. The number of alkyl halides is 1. The highest BCUT2D eigenvalue weighted by Crippen LogP contribution is 2.51. The maximum absolute atomic E-state index is 13.8. The van der Waals surface area contributed by atoms with Crippen molar-refractivity contribution in [2.45, 2.75) is 38.8 Å². The molecule has 0 aromatic heterocycles. The summed E-state index contributed by atoms with van der Waals surface area (Å²) in [5.74, 6) is 0. The largest absolute Gasteiger partial charge is 0.238 e. The lowest BCUT2D eigenvalue weighted by atomic mass is 9.78. The summed E-state index contributed by atoms with van der Waals surface area (Å²) in [6.07, 6.45) is 9.74. The molecule has 1 aliphatic carbocycles. The van der Waals surface area contributed by atoms with Crippen LogP contribution in [0.4, 0.5) is 4.39 Å². The Hall–Kier alpha value is -2.72. The molecule has 0 aliphatic heterocycles. The van der Waals surface area contributed by atoms with Gasteiger partial charge in [0, 0.05) is 8.99 Å². The van der Waals surface area contributed by atoms with Crippen molar-refractivity contribution in [3.63, 3.8) is 0 Å². The first-order chi connectivity index (χ1) is 16.4. The molecule has 3 aromatic rings. The van der Waals surface area contributed by atoms with Gasteiger partial charge in [-0.25, -0.2) is 4.39 Å². The Morgan fingerprint density at radius 3 is 2.41 bits per heavy atom. The molecule has 0 nitrogen and oxygen atoms in total. The van der Waals surface area contributed by atoms with Crippen molar-refractivity contribution in [3.8, 4) is 11.1 Å². The summed E-state index contributed by atoms with van der Waals surface area (Å²) in [4.78, 5) is 0. The van der Waals surface area contributed by atoms with Crippen LogP contribution >= 0.6 is 22.6 Å². The molecule has 0 saturated heterocycles. The van der Waals surface area contributed by atoms with Crippen LogP contribution in [0.5, 0.6) is 0 Å². The minimum absolute atomic E-state index is 0.0217. The molecule has 34 heavy (non-hydrogen) atoms. The van der Waals surface area contributed by atoms with Crippen LogP contribution in [-0.2, 0) is 5.41 Å². The van der Waals surface area contributed by atoms with Gasteiger partial charge >= 0.3 is 0 Å². The summed E-state index contributed by atoms with van der Waals surface area (Å²) in [6, 6.07) is 23.0. The zero-order chi connectivity index (χ0) is 24.3. The predicted octanol–water partition coefficient (Wildman–Crippen LogP) is 10.0. The normalized spacial score (nSPS) is 15.8. The van der Waals surface area contributed by atoms with Gasteiger partial charge in [0.15, 0.2) is 0 Å². The lowest BCUT2D eigenvalue weighted by Crippen LogP contribution is -2.17. The maximum Gasteiger partial charge on any atom is 0.143 e. The van der Waals surface area contributed by atoms with Gasteiger partial charge in [-0.2, -0.15) is 0 Å². The Labute approximate surface area is 216 Å². The predicted molar refractivity (Wildman–Crippen MR) is 154 cm³/mol.